The van der Waals surface area contributed by atoms with E-state index in [1.54, 1.807) is 13.0 Å². The molecule has 1 N–H and O–H groups in total. The zero-order valence-electron chi connectivity index (χ0n) is 10.2. The van der Waals surface area contributed by atoms with Crippen LogP contribution in [0.5, 0.6) is 0 Å². The molecule has 0 aromatic carbocycles. The van der Waals surface area contributed by atoms with Crippen LogP contribution in [0.25, 0.3) is 0 Å². The molecule has 0 bridgehead atoms. The van der Waals surface area contributed by atoms with E-state index in [0.717, 1.165) is 19.3 Å². The maximum absolute atomic E-state index is 11.5. The van der Waals surface area contributed by atoms with Gasteiger partial charge in [-0.2, -0.15) is 5.26 Å². The second kappa shape index (κ2) is 8.54. The number of sulfonamides is 1. The minimum absolute atomic E-state index is 0.335. The van der Waals surface area contributed by atoms with E-state index in [-0.39, 0.29) is 0 Å². The molecule has 1 unspecified atom stereocenters. The summed E-state index contributed by atoms with van der Waals surface area (Å²) in [5.41, 5.74) is 0. The van der Waals surface area contributed by atoms with E-state index in [1.807, 2.05) is 0 Å². The fourth-order valence-electron chi connectivity index (χ4n) is 1.42. The first-order valence-electron chi connectivity index (χ1n) is 5.96. The number of nitrogens with zero attached hydrogens (tertiary/aromatic N) is 1. The molecule has 0 aromatic heterocycles. The van der Waals surface area contributed by atoms with Crippen LogP contribution in [0.1, 0.15) is 52.4 Å². The molecular weight excluding hydrogens is 224 g/mol. The average Bonchev–Trinajstić information content (AvgIpc) is 2.24. The summed E-state index contributed by atoms with van der Waals surface area (Å²) in [5, 5.41) is 7.75. The standard InChI is InChI=1S/C11H22N2O2S/c1-3-5-6-7-8-9-13-16(14,15)11(4-2)10-12/h11,13H,3-9H2,1-2H3. The minimum Gasteiger partial charge on any atom is -0.214 e. The number of hydrogen-bond donors (Lipinski definition) is 1. The van der Waals surface area contributed by atoms with Gasteiger partial charge in [0.2, 0.25) is 10.0 Å². The SMILES string of the molecule is CCCCCCCNS(=O)(=O)C(C#N)CC. The highest BCUT2D eigenvalue weighted by Gasteiger charge is 2.22. The third-order valence-corrected chi connectivity index (χ3v) is 4.27. The van der Waals surface area contributed by atoms with Crippen LogP contribution in [-0.4, -0.2) is 20.2 Å². The molecule has 94 valence electrons. The van der Waals surface area contributed by atoms with Crippen molar-refractivity contribution >= 4 is 10.0 Å². The van der Waals surface area contributed by atoms with Crippen LogP contribution in [-0.2, 0) is 10.0 Å². The molecule has 0 amide bonds. The molecule has 0 fully saturated rings. The normalized spacial score (nSPS) is 13.3. The van der Waals surface area contributed by atoms with Gasteiger partial charge >= 0.3 is 0 Å². The van der Waals surface area contributed by atoms with Crippen LogP contribution in [0.2, 0.25) is 0 Å². The second-order valence-corrected chi connectivity index (χ2v) is 5.83. The Balaban J connectivity index is 3.80. The quantitative estimate of drug-likeness (QED) is 0.634. The van der Waals surface area contributed by atoms with Crippen LogP contribution in [0.15, 0.2) is 0 Å². The number of hydrogen-bond acceptors (Lipinski definition) is 3. The summed E-state index contributed by atoms with van der Waals surface area (Å²) < 4.78 is 25.6. The molecule has 5 heteroatoms. The molecule has 0 aliphatic rings. The lowest BCUT2D eigenvalue weighted by atomic mass is 10.2. The summed E-state index contributed by atoms with van der Waals surface area (Å²) in [6, 6.07) is 1.80. The van der Waals surface area contributed by atoms with Gasteiger partial charge < -0.3 is 0 Å². The minimum atomic E-state index is -3.43. The van der Waals surface area contributed by atoms with Crippen molar-refractivity contribution in [1.82, 2.24) is 4.72 Å². The van der Waals surface area contributed by atoms with Crippen molar-refractivity contribution in [3.05, 3.63) is 0 Å². The third-order valence-electron chi connectivity index (χ3n) is 2.47. The summed E-state index contributed by atoms with van der Waals surface area (Å²) in [4.78, 5) is 0. The van der Waals surface area contributed by atoms with Crippen molar-refractivity contribution in [2.24, 2.45) is 0 Å². The van der Waals surface area contributed by atoms with E-state index < -0.39 is 15.3 Å². The van der Waals surface area contributed by atoms with Crippen molar-refractivity contribution in [2.45, 2.75) is 57.6 Å². The maximum Gasteiger partial charge on any atom is 0.227 e. The van der Waals surface area contributed by atoms with Crippen LogP contribution in [0.3, 0.4) is 0 Å². The summed E-state index contributed by atoms with van der Waals surface area (Å²) >= 11 is 0. The molecule has 16 heavy (non-hydrogen) atoms. The van der Waals surface area contributed by atoms with E-state index in [0.29, 0.717) is 13.0 Å². The van der Waals surface area contributed by atoms with Crippen molar-refractivity contribution in [2.75, 3.05) is 6.54 Å². The van der Waals surface area contributed by atoms with Crippen molar-refractivity contribution in [3.63, 3.8) is 0 Å². The zero-order chi connectivity index (χ0) is 12.4. The van der Waals surface area contributed by atoms with Crippen LogP contribution < -0.4 is 4.72 Å². The zero-order valence-corrected chi connectivity index (χ0v) is 11.0. The van der Waals surface area contributed by atoms with Gasteiger partial charge in [-0.1, -0.05) is 39.5 Å². The fraction of sp³-hybridized carbons (Fsp3) is 0.909. The van der Waals surface area contributed by atoms with Gasteiger partial charge in [-0.15, -0.1) is 0 Å². The van der Waals surface area contributed by atoms with Gasteiger partial charge in [0.1, 0.15) is 0 Å². The topological polar surface area (TPSA) is 70.0 Å². The number of nitrogens with one attached hydrogen (secondary N) is 1. The number of unbranched alkanes of at least 4 members (excludes halogenated alkanes) is 4. The molecule has 4 nitrogen and oxygen atoms in total. The number of rotatable bonds is 9. The van der Waals surface area contributed by atoms with Gasteiger partial charge in [0.15, 0.2) is 5.25 Å². The lowest BCUT2D eigenvalue weighted by Gasteiger charge is -2.09. The Labute approximate surface area is 99.1 Å². The molecule has 0 radical (unpaired) electrons. The summed E-state index contributed by atoms with van der Waals surface area (Å²) in [7, 11) is -3.43. The maximum atomic E-state index is 11.5. The van der Waals surface area contributed by atoms with E-state index >= 15 is 0 Å². The molecule has 1 atom stereocenters. The summed E-state index contributed by atoms with van der Waals surface area (Å²) in [6.45, 7) is 4.29. The molecule has 0 aromatic rings. The van der Waals surface area contributed by atoms with E-state index in [1.165, 1.54) is 12.8 Å². The van der Waals surface area contributed by atoms with Crippen molar-refractivity contribution in [1.29, 1.82) is 5.26 Å². The Kier molecular flexibility index (Phi) is 8.22. The van der Waals surface area contributed by atoms with Gasteiger partial charge in [0.05, 0.1) is 6.07 Å². The summed E-state index contributed by atoms with van der Waals surface area (Å²) in [6.07, 6.45) is 5.75. The van der Waals surface area contributed by atoms with Gasteiger partial charge in [-0.3, -0.25) is 0 Å². The fourth-order valence-corrected chi connectivity index (χ4v) is 2.63. The van der Waals surface area contributed by atoms with Gasteiger partial charge in [0, 0.05) is 6.54 Å². The first-order chi connectivity index (χ1) is 7.58. The van der Waals surface area contributed by atoms with Gasteiger partial charge in [-0.05, 0) is 12.8 Å². The first-order valence-corrected chi connectivity index (χ1v) is 7.51. The highest BCUT2D eigenvalue weighted by atomic mass is 32.2. The molecule has 0 saturated heterocycles. The molecule has 0 aliphatic carbocycles. The predicted octanol–water partition coefficient (Wildman–Crippen LogP) is 2.18. The van der Waals surface area contributed by atoms with Gasteiger partial charge in [-0.25, -0.2) is 13.1 Å². The Morgan fingerprint density at radius 1 is 1.19 bits per heavy atom. The predicted molar refractivity (Wildman–Crippen MR) is 65.4 cm³/mol. The number of nitriles is 1. The van der Waals surface area contributed by atoms with Gasteiger partial charge in [0.25, 0.3) is 0 Å². The Bertz CT molecular complexity index is 306. The molecular formula is C11H22N2O2S. The Hall–Kier alpha value is -0.600. The smallest absolute Gasteiger partial charge is 0.214 e. The van der Waals surface area contributed by atoms with Crippen molar-refractivity contribution < 1.29 is 8.42 Å². The molecule has 0 spiro atoms. The largest absolute Gasteiger partial charge is 0.227 e. The first kappa shape index (κ1) is 15.4. The monoisotopic (exact) mass is 246 g/mol. The van der Waals surface area contributed by atoms with E-state index in [4.69, 9.17) is 5.26 Å². The third kappa shape index (κ3) is 6.09. The van der Waals surface area contributed by atoms with E-state index in [9.17, 15) is 8.42 Å². The molecule has 0 rings (SSSR count). The van der Waals surface area contributed by atoms with Crippen LogP contribution in [0, 0.1) is 11.3 Å². The van der Waals surface area contributed by atoms with Crippen molar-refractivity contribution in [3.8, 4) is 6.07 Å². The highest BCUT2D eigenvalue weighted by molar-refractivity contribution is 7.90. The molecule has 0 saturated carbocycles. The molecule has 0 aliphatic heterocycles. The highest BCUT2D eigenvalue weighted by Crippen LogP contribution is 2.04. The van der Waals surface area contributed by atoms with Crippen LogP contribution in [0.4, 0.5) is 0 Å². The Morgan fingerprint density at radius 3 is 2.31 bits per heavy atom. The molecule has 0 heterocycles. The Morgan fingerprint density at radius 2 is 1.81 bits per heavy atom. The average molecular weight is 246 g/mol. The summed E-state index contributed by atoms with van der Waals surface area (Å²) in [5.74, 6) is 0. The van der Waals surface area contributed by atoms with E-state index in [2.05, 4.69) is 11.6 Å². The lowest BCUT2D eigenvalue weighted by molar-refractivity contribution is 0.563. The second-order valence-electron chi connectivity index (χ2n) is 3.88. The van der Waals surface area contributed by atoms with Crippen LogP contribution >= 0.6 is 0 Å². The lowest BCUT2D eigenvalue weighted by Crippen LogP contribution is -2.33.